The Labute approximate surface area is 128 Å². The van der Waals surface area contributed by atoms with Gasteiger partial charge >= 0.3 is 0 Å². The standard InChI is InChI=1S/C16H29N3O2/c1-13(2)16-10-15(21-17-16)12-19(8-7-18(3)4)11-14-6-5-9-20-14/h10,13-14H,5-9,11-12H2,1-4H3/t14-/m1/s1. The van der Waals surface area contributed by atoms with Crippen molar-refractivity contribution in [3.8, 4) is 0 Å². The van der Waals surface area contributed by atoms with Crippen molar-refractivity contribution >= 4 is 0 Å². The third-order valence-electron chi connectivity index (χ3n) is 3.90. The molecule has 1 atom stereocenters. The van der Waals surface area contributed by atoms with Crippen molar-refractivity contribution in [1.29, 1.82) is 0 Å². The van der Waals surface area contributed by atoms with Gasteiger partial charge in [0.1, 0.15) is 0 Å². The summed E-state index contributed by atoms with van der Waals surface area (Å²) in [4.78, 5) is 4.63. The highest BCUT2D eigenvalue weighted by Gasteiger charge is 2.20. The topological polar surface area (TPSA) is 41.7 Å². The minimum Gasteiger partial charge on any atom is -0.377 e. The third kappa shape index (κ3) is 5.41. The van der Waals surface area contributed by atoms with Gasteiger partial charge in [0.15, 0.2) is 5.76 Å². The first-order valence-electron chi connectivity index (χ1n) is 7.98. The van der Waals surface area contributed by atoms with Gasteiger partial charge in [-0.2, -0.15) is 0 Å². The molecule has 1 aromatic heterocycles. The Balaban J connectivity index is 1.92. The van der Waals surface area contributed by atoms with E-state index in [0.29, 0.717) is 12.0 Å². The molecule has 21 heavy (non-hydrogen) atoms. The van der Waals surface area contributed by atoms with Crippen molar-refractivity contribution in [3.05, 3.63) is 17.5 Å². The number of hydrogen-bond donors (Lipinski definition) is 0. The van der Waals surface area contributed by atoms with Crippen molar-refractivity contribution in [2.75, 3.05) is 40.3 Å². The van der Waals surface area contributed by atoms with Crippen LogP contribution in [-0.4, -0.2) is 61.4 Å². The molecule has 5 nitrogen and oxygen atoms in total. The second-order valence-corrected chi connectivity index (χ2v) is 6.55. The predicted octanol–water partition coefficient (Wildman–Crippen LogP) is 2.34. The first-order valence-corrected chi connectivity index (χ1v) is 7.98. The maximum atomic E-state index is 5.77. The summed E-state index contributed by atoms with van der Waals surface area (Å²) < 4.78 is 11.3. The molecule has 0 bridgehead atoms. The van der Waals surface area contributed by atoms with E-state index in [0.717, 1.165) is 44.2 Å². The Morgan fingerprint density at radius 2 is 2.14 bits per heavy atom. The normalized spacial score (nSPS) is 19.3. The summed E-state index contributed by atoms with van der Waals surface area (Å²) in [5.41, 5.74) is 1.04. The van der Waals surface area contributed by atoms with Crippen LogP contribution in [0.5, 0.6) is 0 Å². The van der Waals surface area contributed by atoms with Crippen LogP contribution < -0.4 is 0 Å². The quantitative estimate of drug-likeness (QED) is 0.736. The molecule has 120 valence electrons. The molecule has 0 radical (unpaired) electrons. The van der Waals surface area contributed by atoms with Crippen LogP contribution in [0.4, 0.5) is 0 Å². The molecule has 0 saturated carbocycles. The Kier molecular flexibility index (Phi) is 6.21. The highest BCUT2D eigenvalue weighted by Crippen LogP contribution is 2.18. The van der Waals surface area contributed by atoms with Gasteiger partial charge in [-0.1, -0.05) is 19.0 Å². The molecular formula is C16H29N3O2. The Morgan fingerprint density at radius 3 is 2.71 bits per heavy atom. The van der Waals surface area contributed by atoms with E-state index in [1.807, 2.05) is 0 Å². The zero-order valence-corrected chi connectivity index (χ0v) is 13.8. The Bertz CT molecular complexity index is 411. The molecule has 1 aliphatic rings. The van der Waals surface area contributed by atoms with Gasteiger partial charge in [-0.25, -0.2) is 0 Å². The second-order valence-electron chi connectivity index (χ2n) is 6.55. The molecule has 0 amide bonds. The molecule has 0 spiro atoms. The lowest BCUT2D eigenvalue weighted by Gasteiger charge is -2.25. The number of likely N-dealkylation sites (N-methyl/N-ethyl adjacent to an activating group) is 1. The Morgan fingerprint density at radius 1 is 1.33 bits per heavy atom. The van der Waals surface area contributed by atoms with Gasteiger partial charge in [0.2, 0.25) is 0 Å². The van der Waals surface area contributed by atoms with Gasteiger partial charge in [-0.3, -0.25) is 4.90 Å². The molecule has 1 saturated heterocycles. The fourth-order valence-electron chi connectivity index (χ4n) is 2.55. The number of nitrogens with zero attached hydrogens (tertiary/aromatic N) is 3. The predicted molar refractivity (Wildman–Crippen MR) is 83.4 cm³/mol. The number of ether oxygens (including phenoxy) is 1. The van der Waals surface area contributed by atoms with Gasteiger partial charge in [0.25, 0.3) is 0 Å². The average molecular weight is 295 g/mol. The second kappa shape index (κ2) is 7.92. The van der Waals surface area contributed by atoms with Gasteiger partial charge in [0, 0.05) is 32.3 Å². The van der Waals surface area contributed by atoms with Crippen molar-refractivity contribution in [1.82, 2.24) is 15.0 Å². The lowest BCUT2D eigenvalue weighted by molar-refractivity contribution is 0.0651. The number of aromatic nitrogens is 1. The van der Waals surface area contributed by atoms with E-state index < -0.39 is 0 Å². The summed E-state index contributed by atoms with van der Waals surface area (Å²) in [5.74, 6) is 1.37. The molecule has 0 unspecified atom stereocenters. The van der Waals surface area contributed by atoms with E-state index in [4.69, 9.17) is 9.26 Å². The van der Waals surface area contributed by atoms with E-state index >= 15 is 0 Å². The van der Waals surface area contributed by atoms with Crippen LogP contribution >= 0.6 is 0 Å². The van der Waals surface area contributed by atoms with Crippen molar-refractivity contribution in [3.63, 3.8) is 0 Å². The van der Waals surface area contributed by atoms with Crippen LogP contribution in [-0.2, 0) is 11.3 Å². The van der Waals surface area contributed by atoms with Crippen LogP contribution in [0.3, 0.4) is 0 Å². The van der Waals surface area contributed by atoms with Gasteiger partial charge < -0.3 is 14.2 Å². The minimum atomic E-state index is 0.375. The lowest BCUT2D eigenvalue weighted by Crippen LogP contribution is -2.36. The molecule has 1 fully saturated rings. The molecule has 0 aliphatic carbocycles. The highest BCUT2D eigenvalue weighted by atomic mass is 16.5. The molecule has 2 rings (SSSR count). The zero-order chi connectivity index (χ0) is 15.2. The first kappa shape index (κ1) is 16.5. The fourth-order valence-corrected chi connectivity index (χ4v) is 2.55. The van der Waals surface area contributed by atoms with Crippen LogP contribution in [0.2, 0.25) is 0 Å². The molecule has 2 heterocycles. The SMILES string of the molecule is CC(C)c1cc(CN(CCN(C)C)C[C@H]2CCCO2)on1. The lowest BCUT2D eigenvalue weighted by atomic mass is 10.1. The maximum Gasteiger partial charge on any atom is 0.150 e. The smallest absolute Gasteiger partial charge is 0.150 e. The first-order chi connectivity index (χ1) is 10.0. The zero-order valence-electron chi connectivity index (χ0n) is 13.8. The van der Waals surface area contributed by atoms with Crippen LogP contribution in [0.15, 0.2) is 10.6 Å². The molecule has 5 heteroatoms. The summed E-state index contributed by atoms with van der Waals surface area (Å²) in [5, 5.41) is 4.15. The van der Waals surface area contributed by atoms with E-state index in [1.165, 1.54) is 12.8 Å². The minimum absolute atomic E-state index is 0.375. The summed E-state index contributed by atoms with van der Waals surface area (Å²) in [6, 6.07) is 2.09. The van der Waals surface area contributed by atoms with Crippen molar-refractivity contribution < 1.29 is 9.26 Å². The monoisotopic (exact) mass is 295 g/mol. The van der Waals surface area contributed by atoms with Gasteiger partial charge in [0.05, 0.1) is 18.3 Å². The van der Waals surface area contributed by atoms with E-state index in [9.17, 15) is 0 Å². The number of rotatable bonds is 8. The largest absolute Gasteiger partial charge is 0.377 e. The molecule has 1 aliphatic heterocycles. The average Bonchev–Trinajstić information content (AvgIpc) is 3.07. The van der Waals surface area contributed by atoms with E-state index in [-0.39, 0.29) is 0 Å². The third-order valence-corrected chi connectivity index (χ3v) is 3.90. The van der Waals surface area contributed by atoms with Crippen molar-refractivity contribution in [2.45, 2.75) is 45.3 Å². The highest BCUT2D eigenvalue weighted by molar-refractivity contribution is 5.08. The van der Waals surface area contributed by atoms with E-state index in [1.54, 1.807) is 0 Å². The fraction of sp³-hybridized carbons (Fsp3) is 0.812. The summed E-state index contributed by atoms with van der Waals surface area (Å²) in [6.07, 6.45) is 2.73. The van der Waals surface area contributed by atoms with Crippen molar-refractivity contribution in [2.24, 2.45) is 0 Å². The number of hydrogen-bond acceptors (Lipinski definition) is 5. The molecule has 0 N–H and O–H groups in total. The molecule has 1 aromatic rings. The Hall–Kier alpha value is -0.910. The van der Waals surface area contributed by atoms with Gasteiger partial charge in [-0.05, 0) is 32.9 Å². The van der Waals surface area contributed by atoms with Crippen LogP contribution in [0, 0.1) is 0 Å². The van der Waals surface area contributed by atoms with Crippen LogP contribution in [0.1, 0.15) is 44.1 Å². The summed E-state index contributed by atoms with van der Waals surface area (Å²) in [6.45, 7) is 9.03. The molecule has 0 aromatic carbocycles. The van der Waals surface area contributed by atoms with Crippen LogP contribution in [0.25, 0.3) is 0 Å². The maximum absolute atomic E-state index is 5.77. The molecular weight excluding hydrogens is 266 g/mol. The van der Waals surface area contributed by atoms with E-state index in [2.05, 4.69) is 49.0 Å². The summed E-state index contributed by atoms with van der Waals surface area (Å²) >= 11 is 0. The summed E-state index contributed by atoms with van der Waals surface area (Å²) in [7, 11) is 4.21. The van der Waals surface area contributed by atoms with Gasteiger partial charge in [-0.15, -0.1) is 0 Å².